The maximum Gasteiger partial charge on any atom is 0.237 e. The van der Waals surface area contributed by atoms with Crippen molar-refractivity contribution in [3.63, 3.8) is 0 Å². The molecule has 1 atom stereocenters. The number of carbonyl (C=O) groups excluding carboxylic acids is 2. The van der Waals surface area contributed by atoms with Crippen LogP contribution in [0.3, 0.4) is 0 Å². The minimum absolute atomic E-state index is 0.0492. The molecule has 1 N–H and O–H groups in total. The number of anilines is 1. The van der Waals surface area contributed by atoms with Gasteiger partial charge in [-0.05, 0) is 44.0 Å². The standard InChI is InChI=1S/C31H29N5O2S/c1-4-25-27-29(36(35-25)24-17-10-7-11-18-24)33-28(21-13-8-6-9-14-21)34-31(27)39-26(5-2)30(38)32-23-16-12-15-22(19-23)20(3)37/h6-19,26H,4-5H2,1-3H3,(H,32,38). The number of thioether (sulfide) groups is 1. The van der Waals surface area contributed by atoms with E-state index in [2.05, 4.69) is 12.2 Å². The van der Waals surface area contributed by atoms with Crippen LogP contribution in [0.1, 0.15) is 43.2 Å². The lowest BCUT2D eigenvalue weighted by atomic mass is 10.1. The molecule has 2 heterocycles. The lowest BCUT2D eigenvalue weighted by Crippen LogP contribution is -2.25. The minimum atomic E-state index is -0.419. The third kappa shape index (κ3) is 5.61. The van der Waals surface area contributed by atoms with Crippen LogP contribution in [0.15, 0.2) is 90.0 Å². The summed E-state index contributed by atoms with van der Waals surface area (Å²) in [6.07, 6.45) is 1.28. The van der Waals surface area contributed by atoms with Gasteiger partial charge in [0.1, 0.15) is 5.03 Å². The zero-order chi connectivity index (χ0) is 27.4. The highest BCUT2D eigenvalue weighted by atomic mass is 32.2. The monoisotopic (exact) mass is 535 g/mol. The molecule has 1 amide bonds. The number of amides is 1. The molecule has 7 nitrogen and oxygen atoms in total. The molecule has 39 heavy (non-hydrogen) atoms. The third-order valence-corrected chi connectivity index (χ3v) is 7.74. The van der Waals surface area contributed by atoms with E-state index in [1.165, 1.54) is 18.7 Å². The van der Waals surface area contributed by atoms with E-state index in [1.807, 2.05) is 72.3 Å². The molecule has 5 rings (SSSR count). The van der Waals surface area contributed by atoms with Crippen molar-refractivity contribution in [2.24, 2.45) is 0 Å². The number of rotatable bonds is 9. The lowest BCUT2D eigenvalue weighted by molar-refractivity contribution is -0.115. The summed E-state index contributed by atoms with van der Waals surface area (Å²) in [6, 6.07) is 26.7. The fraction of sp³-hybridized carbons (Fsp3) is 0.194. The van der Waals surface area contributed by atoms with Gasteiger partial charge in [0.15, 0.2) is 17.3 Å². The van der Waals surface area contributed by atoms with Gasteiger partial charge in [0.25, 0.3) is 0 Å². The predicted molar refractivity (Wildman–Crippen MR) is 156 cm³/mol. The number of para-hydroxylation sites is 1. The summed E-state index contributed by atoms with van der Waals surface area (Å²) in [7, 11) is 0. The molecule has 0 bridgehead atoms. The maximum atomic E-state index is 13.4. The highest BCUT2D eigenvalue weighted by Crippen LogP contribution is 2.35. The average molecular weight is 536 g/mol. The first-order chi connectivity index (χ1) is 19.0. The summed E-state index contributed by atoms with van der Waals surface area (Å²) < 4.78 is 1.86. The molecule has 0 aliphatic heterocycles. The van der Waals surface area contributed by atoms with Crippen LogP contribution < -0.4 is 5.32 Å². The second kappa shape index (κ2) is 11.6. The Labute approximate surface area is 231 Å². The lowest BCUT2D eigenvalue weighted by Gasteiger charge is -2.16. The SMILES string of the molecule is CCc1nn(-c2ccccc2)c2nc(-c3ccccc3)nc(SC(CC)C(=O)Nc3cccc(C(C)=O)c3)c12. The van der Waals surface area contributed by atoms with E-state index in [9.17, 15) is 9.59 Å². The van der Waals surface area contributed by atoms with Gasteiger partial charge in [0.05, 0.1) is 22.0 Å². The number of nitrogens with zero attached hydrogens (tertiary/aromatic N) is 4. The molecule has 0 aliphatic carbocycles. The molecule has 0 aliphatic rings. The molecular formula is C31H29N5O2S. The number of carbonyl (C=O) groups is 2. The van der Waals surface area contributed by atoms with E-state index in [-0.39, 0.29) is 11.7 Å². The van der Waals surface area contributed by atoms with Crippen molar-refractivity contribution in [3.05, 3.63) is 96.2 Å². The Morgan fingerprint density at radius 1 is 0.923 bits per heavy atom. The first-order valence-corrected chi connectivity index (χ1v) is 13.9. The van der Waals surface area contributed by atoms with E-state index < -0.39 is 5.25 Å². The second-order valence-corrected chi connectivity index (χ2v) is 10.3. The number of fused-ring (bicyclic) bond motifs is 1. The van der Waals surface area contributed by atoms with E-state index >= 15 is 0 Å². The van der Waals surface area contributed by atoms with Crippen LogP contribution in [0.2, 0.25) is 0 Å². The van der Waals surface area contributed by atoms with Crippen molar-refractivity contribution < 1.29 is 9.59 Å². The van der Waals surface area contributed by atoms with Crippen LogP contribution in [0.5, 0.6) is 0 Å². The molecule has 0 spiro atoms. The largest absolute Gasteiger partial charge is 0.325 e. The molecule has 0 saturated carbocycles. The number of Topliss-reactive ketones (excluding diaryl/α,β-unsaturated/α-hetero) is 1. The molecule has 0 fully saturated rings. The summed E-state index contributed by atoms with van der Waals surface area (Å²) in [5.41, 5.74) is 4.53. The Morgan fingerprint density at radius 3 is 2.31 bits per heavy atom. The van der Waals surface area contributed by atoms with Gasteiger partial charge in [-0.3, -0.25) is 9.59 Å². The summed E-state index contributed by atoms with van der Waals surface area (Å²) in [5.74, 6) is 0.381. The Hall–Kier alpha value is -4.30. The normalized spacial score (nSPS) is 11.9. The van der Waals surface area contributed by atoms with Crippen molar-refractivity contribution in [3.8, 4) is 17.1 Å². The van der Waals surface area contributed by atoms with Gasteiger partial charge in [-0.1, -0.05) is 86.3 Å². The summed E-state index contributed by atoms with van der Waals surface area (Å²) in [5, 5.41) is 9.06. The Balaban J connectivity index is 1.59. The fourth-order valence-corrected chi connectivity index (χ4v) is 5.42. The minimum Gasteiger partial charge on any atom is -0.325 e. The van der Waals surface area contributed by atoms with Gasteiger partial charge < -0.3 is 5.32 Å². The molecule has 5 aromatic rings. The molecule has 1 unspecified atom stereocenters. The molecule has 2 aromatic heterocycles. The zero-order valence-electron chi connectivity index (χ0n) is 22.1. The van der Waals surface area contributed by atoms with Crippen molar-refractivity contribution >= 4 is 40.2 Å². The Bertz CT molecular complexity index is 1630. The van der Waals surface area contributed by atoms with E-state index in [0.29, 0.717) is 35.6 Å². The summed E-state index contributed by atoms with van der Waals surface area (Å²) in [4.78, 5) is 35.2. The number of hydrogen-bond donors (Lipinski definition) is 1. The van der Waals surface area contributed by atoms with Crippen molar-refractivity contribution in [2.75, 3.05) is 5.32 Å². The van der Waals surface area contributed by atoms with Crippen LogP contribution in [-0.4, -0.2) is 36.7 Å². The van der Waals surface area contributed by atoms with Crippen LogP contribution in [-0.2, 0) is 11.2 Å². The Morgan fingerprint density at radius 2 is 1.64 bits per heavy atom. The van der Waals surface area contributed by atoms with Gasteiger partial charge in [-0.2, -0.15) is 5.10 Å². The molecule has 8 heteroatoms. The quantitative estimate of drug-likeness (QED) is 0.127. The van der Waals surface area contributed by atoms with Gasteiger partial charge in [0.2, 0.25) is 5.91 Å². The number of aryl methyl sites for hydroxylation is 1. The third-order valence-electron chi connectivity index (χ3n) is 6.39. The van der Waals surface area contributed by atoms with Crippen molar-refractivity contribution in [1.29, 1.82) is 0 Å². The number of benzene rings is 3. The van der Waals surface area contributed by atoms with Crippen molar-refractivity contribution in [1.82, 2.24) is 19.7 Å². The average Bonchev–Trinajstić information content (AvgIpc) is 3.35. The van der Waals surface area contributed by atoms with E-state index in [1.54, 1.807) is 24.3 Å². The summed E-state index contributed by atoms with van der Waals surface area (Å²) >= 11 is 1.42. The maximum absolute atomic E-state index is 13.4. The zero-order valence-corrected chi connectivity index (χ0v) is 22.9. The molecule has 0 saturated heterocycles. The number of ketones is 1. The smallest absolute Gasteiger partial charge is 0.237 e. The predicted octanol–water partition coefficient (Wildman–Crippen LogP) is 6.76. The van der Waals surface area contributed by atoms with Gasteiger partial charge in [-0.25, -0.2) is 14.6 Å². The van der Waals surface area contributed by atoms with Crippen LogP contribution in [0, 0.1) is 0 Å². The van der Waals surface area contributed by atoms with E-state index in [0.717, 1.165) is 27.4 Å². The number of nitrogens with one attached hydrogen (secondary N) is 1. The van der Waals surface area contributed by atoms with Gasteiger partial charge in [0, 0.05) is 16.8 Å². The van der Waals surface area contributed by atoms with Gasteiger partial charge >= 0.3 is 0 Å². The first kappa shape index (κ1) is 26.3. The Kier molecular flexibility index (Phi) is 7.84. The van der Waals surface area contributed by atoms with Crippen LogP contribution in [0.25, 0.3) is 28.1 Å². The second-order valence-electron chi connectivity index (χ2n) is 9.11. The fourth-order valence-electron chi connectivity index (χ4n) is 4.35. The van der Waals surface area contributed by atoms with E-state index in [4.69, 9.17) is 15.1 Å². The van der Waals surface area contributed by atoms with Crippen molar-refractivity contribution in [2.45, 2.75) is 43.9 Å². The topological polar surface area (TPSA) is 89.8 Å². The number of hydrogen-bond acceptors (Lipinski definition) is 6. The highest BCUT2D eigenvalue weighted by Gasteiger charge is 2.25. The molecule has 3 aromatic carbocycles. The van der Waals surface area contributed by atoms with Crippen LogP contribution >= 0.6 is 11.8 Å². The number of aromatic nitrogens is 4. The molecular weight excluding hydrogens is 506 g/mol. The summed E-state index contributed by atoms with van der Waals surface area (Å²) in [6.45, 7) is 5.55. The first-order valence-electron chi connectivity index (χ1n) is 13.0. The van der Waals surface area contributed by atoms with Crippen LogP contribution in [0.4, 0.5) is 5.69 Å². The molecule has 0 radical (unpaired) electrons. The van der Waals surface area contributed by atoms with Gasteiger partial charge in [-0.15, -0.1) is 0 Å². The highest BCUT2D eigenvalue weighted by molar-refractivity contribution is 8.00. The molecule has 196 valence electrons.